The molecule has 0 spiro atoms. The molecule has 0 unspecified atom stereocenters. The molecule has 2 nitrogen and oxygen atoms in total. The number of furan rings is 1. The summed E-state index contributed by atoms with van der Waals surface area (Å²) in [6, 6.07) is 44.0. The molecule has 44 heavy (non-hydrogen) atoms. The third-order valence-electron chi connectivity index (χ3n) is 8.65. The van der Waals surface area contributed by atoms with E-state index in [1.54, 1.807) is 0 Å². The van der Waals surface area contributed by atoms with E-state index in [1.807, 2.05) is 11.3 Å². The van der Waals surface area contributed by atoms with Gasteiger partial charge in [0.25, 0.3) is 0 Å². The highest BCUT2D eigenvalue weighted by molar-refractivity contribution is 7.25. The molecule has 0 aliphatic heterocycles. The first-order valence-corrected chi connectivity index (χ1v) is 15.8. The number of hydrogen-bond acceptors (Lipinski definition) is 3. The molecule has 6 aromatic carbocycles. The fourth-order valence-corrected chi connectivity index (χ4v) is 7.57. The van der Waals surface area contributed by atoms with Gasteiger partial charge in [0.15, 0.2) is 0 Å². The number of nitrogens with zero attached hydrogens (tertiary/aromatic N) is 1. The van der Waals surface area contributed by atoms with Crippen molar-refractivity contribution in [3.05, 3.63) is 157 Å². The Bertz CT molecular complexity index is 2470. The molecule has 2 aromatic heterocycles. The Morgan fingerprint density at radius 2 is 1.25 bits per heavy atom. The van der Waals surface area contributed by atoms with Gasteiger partial charge in [-0.15, -0.1) is 11.3 Å². The second kappa shape index (κ2) is 10.1. The van der Waals surface area contributed by atoms with Gasteiger partial charge < -0.3 is 9.32 Å². The Morgan fingerprint density at radius 3 is 2.14 bits per heavy atom. The Balaban J connectivity index is 1.23. The van der Waals surface area contributed by atoms with Gasteiger partial charge in [0, 0.05) is 48.0 Å². The monoisotopic (exact) mass is 581 g/mol. The molecule has 0 N–H and O–H groups in total. The second-order valence-electron chi connectivity index (χ2n) is 11.3. The molecular formula is C41H27NOS. The summed E-state index contributed by atoms with van der Waals surface area (Å²) >= 11 is 1.85. The largest absolute Gasteiger partial charge is 0.456 e. The first-order valence-electron chi connectivity index (χ1n) is 15.0. The van der Waals surface area contributed by atoms with Gasteiger partial charge in [0.05, 0.1) is 0 Å². The lowest BCUT2D eigenvalue weighted by Gasteiger charge is -2.26. The number of allylic oxidation sites excluding steroid dienone is 6. The maximum absolute atomic E-state index is 6.36. The number of fused-ring (bicyclic) bond motifs is 7. The topological polar surface area (TPSA) is 16.4 Å². The van der Waals surface area contributed by atoms with Crippen LogP contribution in [0.5, 0.6) is 0 Å². The summed E-state index contributed by atoms with van der Waals surface area (Å²) in [6.07, 6.45) is 11.8. The van der Waals surface area contributed by atoms with Crippen LogP contribution in [0.2, 0.25) is 0 Å². The molecule has 9 rings (SSSR count). The van der Waals surface area contributed by atoms with Crippen molar-refractivity contribution in [2.75, 3.05) is 4.90 Å². The van der Waals surface area contributed by atoms with Gasteiger partial charge in [-0.1, -0.05) is 85.0 Å². The minimum Gasteiger partial charge on any atom is -0.456 e. The predicted octanol–water partition coefficient (Wildman–Crippen LogP) is 12.5. The Labute approximate surface area is 259 Å². The lowest BCUT2D eigenvalue weighted by atomic mass is 10.0. The summed E-state index contributed by atoms with van der Waals surface area (Å²) in [5, 5.41) is 7.24. The highest BCUT2D eigenvalue weighted by Gasteiger charge is 2.18. The van der Waals surface area contributed by atoms with E-state index < -0.39 is 0 Å². The fraction of sp³-hybridized carbons (Fsp3) is 0.0244. The van der Waals surface area contributed by atoms with E-state index in [9.17, 15) is 0 Å². The molecule has 0 bridgehead atoms. The maximum atomic E-state index is 6.36. The van der Waals surface area contributed by atoms with E-state index in [0.717, 1.165) is 45.4 Å². The van der Waals surface area contributed by atoms with E-state index in [4.69, 9.17) is 4.42 Å². The highest BCUT2D eigenvalue weighted by Crippen LogP contribution is 2.43. The molecular weight excluding hydrogens is 555 g/mol. The molecule has 0 saturated heterocycles. The van der Waals surface area contributed by atoms with E-state index in [0.29, 0.717) is 0 Å². The number of hydrogen-bond donors (Lipinski definition) is 0. The number of benzene rings is 6. The van der Waals surface area contributed by atoms with Crippen LogP contribution in [0.4, 0.5) is 17.1 Å². The van der Waals surface area contributed by atoms with Gasteiger partial charge in [-0.3, -0.25) is 0 Å². The van der Waals surface area contributed by atoms with Crippen molar-refractivity contribution in [1.29, 1.82) is 0 Å². The third kappa shape index (κ3) is 4.16. The van der Waals surface area contributed by atoms with Crippen LogP contribution in [-0.2, 0) is 0 Å². The van der Waals surface area contributed by atoms with E-state index in [-0.39, 0.29) is 0 Å². The average Bonchev–Trinajstić information content (AvgIpc) is 3.48. The van der Waals surface area contributed by atoms with Crippen LogP contribution in [0, 0.1) is 0 Å². The van der Waals surface area contributed by atoms with Gasteiger partial charge in [0.1, 0.15) is 11.2 Å². The molecule has 0 fully saturated rings. The van der Waals surface area contributed by atoms with Crippen molar-refractivity contribution in [3.63, 3.8) is 0 Å². The summed E-state index contributed by atoms with van der Waals surface area (Å²) < 4.78 is 8.97. The van der Waals surface area contributed by atoms with Crippen molar-refractivity contribution < 1.29 is 4.42 Å². The summed E-state index contributed by atoms with van der Waals surface area (Å²) in [7, 11) is 0. The molecule has 0 atom stereocenters. The minimum atomic E-state index is 0.898. The van der Waals surface area contributed by atoms with E-state index in [1.165, 1.54) is 42.1 Å². The molecule has 2 heterocycles. The molecule has 0 amide bonds. The van der Waals surface area contributed by atoms with Crippen LogP contribution in [0.1, 0.15) is 12.0 Å². The normalized spacial score (nSPS) is 13.3. The first kappa shape index (κ1) is 25.1. The van der Waals surface area contributed by atoms with Crippen LogP contribution >= 0.6 is 11.3 Å². The molecule has 0 radical (unpaired) electrons. The zero-order chi connectivity index (χ0) is 29.0. The fourth-order valence-electron chi connectivity index (χ4n) is 6.49. The molecule has 1 aliphatic rings. The standard InChI is InChI=1S/C41H27NOS/c1-2-4-10-27(9-3-1)28-15-17-31(18-16-28)42(33-20-22-41-37(26-33)34-13-7-8-14-40(34)44-41)32-19-21-38-36(25-32)35-23-29-11-5-6-12-30(29)24-39(35)43-38/h1-3,5-26H,4H2. The van der Waals surface area contributed by atoms with E-state index >= 15 is 0 Å². The summed E-state index contributed by atoms with van der Waals surface area (Å²) in [4.78, 5) is 2.37. The Morgan fingerprint density at radius 1 is 0.545 bits per heavy atom. The SMILES string of the molecule is C1=CCC=C(c2ccc(N(c3ccc4oc5cc6ccccc6cc5c4c3)c3ccc4sc5ccccc5c4c3)cc2)C=C1. The zero-order valence-corrected chi connectivity index (χ0v) is 24.7. The lowest BCUT2D eigenvalue weighted by molar-refractivity contribution is 0.669. The molecule has 0 saturated carbocycles. The van der Waals surface area contributed by atoms with Crippen LogP contribution in [-0.4, -0.2) is 0 Å². The van der Waals surface area contributed by atoms with Crippen molar-refractivity contribution >= 4 is 86.9 Å². The zero-order valence-electron chi connectivity index (χ0n) is 23.9. The second-order valence-corrected chi connectivity index (χ2v) is 12.4. The summed E-state index contributed by atoms with van der Waals surface area (Å²) in [5.41, 5.74) is 7.61. The Kier molecular flexibility index (Phi) is 5.78. The molecule has 3 heteroatoms. The van der Waals surface area contributed by atoms with Gasteiger partial charge in [-0.2, -0.15) is 0 Å². The summed E-state index contributed by atoms with van der Waals surface area (Å²) in [5.74, 6) is 0. The number of rotatable bonds is 4. The number of anilines is 3. The molecule has 1 aliphatic carbocycles. The van der Waals surface area contributed by atoms with Crippen LogP contribution in [0.3, 0.4) is 0 Å². The Hall–Kier alpha value is -5.38. The quantitative estimate of drug-likeness (QED) is 0.206. The minimum absolute atomic E-state index is 0.898. The van der Waals surface area contributed by atoms with Crippen molar-refractivity contribution in [3.8, 4) is 0 Å². The van der Waals surface area contributed by atoms with E-state index in [2.05, 4.69) is 157 Å². The lowest BCUT2D eigenvalue weighted by Crippen LogP contribution is -2.09. The average molecular weight is 582 g/mol. The third-order valence-corrected chi connectivity index (χ3v) is 9.81. The van der Waals surface area contributed by atoms with Gasteiger partial charge >= 0.3 is 0 Å². The molecule has 208 valence electrons. The van der Waals surface area contributed by atoms with Gasteiger partial charge in [-0.25, -0.2) is 0 Å². The maximum Gasteiger partial charge on any atom is 0.136 e. The van der Waals surface area contributed by atoms with Crippen LogP contribution in [0.15, 0.2) is 156 Å². The van der Waals surface area contributed by atoms with Crippen LogP contribution in [0.25, 0.3) is 58.5 Å². The highest BCUT2D eigenvalue weighted by atomic mass is 32.1. The van der Waals surface area contributed by atoms with Crippen molar-refractivity contribution in [2.45, 2.75) is 6.42 Å². The predicted molar refractivity (Wildman–Crippen MR) is 190 cm³/mol. The van der Waals surface area contributed by atoms with Gasteiger partial charge in [0.2, 0.25) is 0 Å². The smallest absolute Gasteiger partial charge is 0.136 e. The van der Waals surface area contributed by atoms with Crippen molar-refractivity contribution in [2.24, 2.45) is 0 Å². The van der Waals surface area contributed by atoms with Gasteiger partial charge in [-0.05, 0) is 95.1 Å². The van der Waals surface area contributed by atoms with Crippen molar-refractivity contribution in [1.82, 2.24) is 0 Å². The molecule has 8 aromatic rings. The first-order chi connectivity index (χ1) is 21.8. The van der Waals surface area contributed by atoms with Crippen LogP contribution < -0.4 is 4.90 Å². The summed E-state index contributed by atoms with van der Waals surface area (Å²) in [6.45, 7) is 0. The number of thiophene rings is 1.